The van der Waals surface area contributed by atoms with Crippen molar-refractivity contribution in [3.05, 3.63) is 11.5 Å². The summed E-state index contributed by atoms with van der Waals surface area (Å²) in [6.45, 7) is 9.65. The fourth-order valence-electron chi connectivity index (χ4n) is 1.51. The van der Waals surface area contributed by atoms with Crippen molar-refractivity contribution in [2.75, 3.05) is 6.54 Å². The SMILES string of the molecule is CC(C)CC(CC[NH-])C(C)C.[3H]C([NH-])=O.[K+]. The summed E-state index contributed by atoms with van der Waals surface area (Å²) in [5.74, 6) is 2.31. The van der Waals surface area contributed by atoms with E-state index in [0.717, 1.165) is 24.2 Å². The summed E-state index contributed by atoms with van der Waals surface area (Å²) in [5.41, 5.74) is 12.8. The van der Waals surface area contributed by atoms with Crippen molar-refractivity contribution < 1.29 is 57.5 Å². The number of hydrogen-bond donors (Lipinski definition) is 0. The van der Waals surface area contributed by atoms with Crippen LogP contribution in [0.25, 0.3) is 11.5 Å². The van der Waals surface area contributed by atoms with Crippen LogP contribution in [0.3, 0.4) is 0 Å². The van der Waals surface area contributed by atoms with Crippen LogP contribution in [0.4, 0.5) is 0 Å². The van der Waals surface area contributed by atoms with Gasteiger partial charge in [0.2, 0.25) is 0 Å². The minimum Gasteiger partial charge on any atom is -0.677 e. The van der Waals surface area contributed by atoms with Gasteiger partial charge in [-0.25, -0.2) is 0 Å². The second kappa shape index (κ2) is 15.1. The molecule has 15 heavy (non-hydrogen) atoms. The van der Waals surface area contributed by atoms with Crippen molar-refractivity contribution in [1.29, 1.82) is 0 Å². The molecule has 0 saturated carbocycles. The van der Waals surface area contributed by atoms with E-state index >= 15 is 0 Å². The van der Waals surface area contributed by atoms with Gasteiger partial charge in [-0.15, -0.1) is 0 Å². The predicted molar refractivity (Wildman–Crippen MR) is 62.0 cm³/mol. The molecule has 1 atom stereocenters. The molecule has 0 heterocycles. The molecule has 2 N–H and O–H groups in total. The van der Waals surface area contributed by atoms with Gasteiger partial charge in [0.05, 0.1) is 1.37 Å². The molecule has 1 amide bonds. The Hall–Kier alpha value is 1.07. The maximum absolute atomic E-state index is 8.78. The third-order valence-electron chi connectivity index (χ3n) is 2.23. The first-order valence-corrected chi connectivity index (χ1v) is 5.18. The van der Waals surface area contributed by atoms with Crippen LogP contribution >= 0.6 is 0 Å². The first-order chi connectivity index (χ1) is 6.81. The van der Waals surface area contributed by atoms with E-state index in [1.165, 1.54) is 6.42 Å². The number of rotatable bonds is 5. The van der Waals surface area contributed by atoms with Crippen molar-refractivity contribution in [3.63, 3.8) is 0 Å². The summed E-state index contributed by atoms with van der Waals surface area (Å²) in [6.07, 6.45) is 1.03. The monoisotopic (exact) mass is 241 g/mol. The number of carbonyl (C=O) groups is 1. The van der Waals surface area contributed by atoms with E-state index < -0.39 is 6.39 Å². The zero-order valence-corrected chi connectivity index (χ0v) is 13.9. The maximum atomic E-state index is 8.78. The summed E-state index contributed by atoms with van der Waals surface area (Å²) in [5, 5.41) is 0. The minimum atomic E-state index is -1.33. The molecule has 86 valence electrons. The second-order valence-corrected chi connectivity index (χ2v) is 4.27. The predicted octanol–water partition coefficient (Wildman–Crippen LogP) is 0.946. The van der Waals surface area contributed by atoms with Crippen molar-refractivity contribution in [3.8, 4) is 0 Å². The molecule has 0 aromatic rings. The Morgan fingerprint density at radius 3 is 1.93 bits per heavy atom. The normalized spacial score (nSPS) is 12.3. The van der Waals surface area contributed by atoms with Crippen LogP contribution in [-0.4, -0.2) is 12.9 Å². The van der Waals surface area contributed by atoms with Gasteiger partial charge >= 0.3 is 51.4 Å². The van der Waals surface area contributed by atoms with E-state index in [-0.39, 0.29) is 51.4 Å². The third kappa shape index (κ3) is 17.7. The van der Waals surface area contributed by atoms with Crippen molar-refractivity contribution in [2.24, 2.45) is 17.8 Å². The topological polar surface area (TPSA) is 64.7 Å². The number of carbonyl (C=O) groups excluding carboxylic acids is 1. The van der Waals surface area contributed by atoms with Crippen LogP contribution in [0.15, 0.2) is 0 Å². The van der Waals surface area contributed by atoms with Crippen LogP contribution in [0.5, 0.6) is 0 Å². The molecule has 1 unspecified atom stereocenters. The van der Waals surface area contributed by atoms with Crippen LogP contribution in [0.2, 0.25) is 0 Å². The van der Waals surface area contributed by atoms with Crippen molar-refractivity contribution in [2.45, 2.75) is 40.5 Å². The van der Waals surface area contributed by atoms with Gasteiger partial charge in [0.15, 0.2) is 0 Å². The molecule has 0 spiro atoms. The number of nitrogens with one attached hydrogen (secondary N) is 2. The Morgan fingerprint density at radius 2 is 1.73 bits per heavy atom. The summed E-state index contributed by atoms with van der Waals surface area (Å²) in [7, 11) is 0. The van der Waals surface area contributed by atoms with E-state index in [9.17, 15) is 0 Å². The van der Waals surface area contributed by atoms with Crippen LogP contribution in [-0.2, 0) is 4.79 Å². The molecule has 0 aromatic heterocycles. The smallest absolute Gasteiger partial charge is 0.677 e. The third-order valence-corrected chi connectivity index (χ3v) is 2.23. The quantitative estimate of drug-likeness (QED) is 0.522. The number of hydrogen-bond acceptors (Lipinski definition) is 1. The van der Waals surface area contributed by atoms with Crippen LogP contribution in [0.1, 0.15) is 41.9 Å². The Kier molecular flexibility index (Phi) is 18.5. The maximum Gasteiger partial charge on any atom is 1.00 e. The Labute approximate surface area is 139 Å². The van der Waals surface area contributed by atoms with Gasteiger partial charge < -0.3 is 16.3 Å². The molecule has 0 fully saturated rings. The van der Waals surface area contributed by atoms with Crippen molar-refractivity contribution in [1.82, 2.24) is 0 Å². The summed E-state index contributed by atoms with van der Waals surface area (Å²) >= 11 is 0. The Balaban J connectivity index is -0.000000292. The first-order valence-electron chi connectivity index (χ1n) is 5.68. The van der Waals surface area contributed by atoms with E-state index in [1.54, 1.807) is 0 Å². The first kappa shape index (κ1) is 18.4. The molecular formula is C11H24KN2O-. The molecule has 0 aliphatic rings. The van der Waals surface area contributed by atoms with Gasteiger partial charge in [-0.1, -0.05) is 34.1 Å². The van der Waals surface area contributed by atoms with Gasteiger partial charge in [0, 0.05) is 6.39 Å². The van der Waals surface area contributed by atoms with E-state index in [0.29, 0.717) is 6.54 Å². The van der Waals surface area contributed by atoms with E-state index in [4.69, 9.17) is 17.6 Å². The fourth-order valence-corrected chi connectivity index (χ4v) is 1.51. The Morgan fingerprint density at radius 1 is 1.33 bits per heavy atom. The average molecular weight is 241 g/mol. The molecule has 0 aromatic carbocycles. The van der Waals surface area contributed by atoms with Gasteiger partial charge in [-0.05, 0) is 24.2 Å². The molecule has 3 nitrogen and oxygen atoms in total. The zero-order chi connectivity index (χ0) is 12.4. The van der Waals surface area contributed by atoms with Gasteiger partial charge in [-0.3, -0.25) is 0 Å². The largest absolute Gasteiger partial charge is 1.00 e. The fraction of sp³-hybridized carbons (Fsp3) is 0.909. The molecule has 4 heteroatoms. The molecule has 0 aliphatic carbocycles. The standard InChI is InChI=1S/C10H22N.CH3NO.K/c1-8(2)7-10(5-6-11)9(3)4;2-1-3;/h8-11H,5-7H2,1-4H3;1H,(H2,2,3);/q-1;;+1/p-1/i;1T;. The van der Waals surface area contributed by atoms with Gasteiger partial charge in [-0.2, -0.15) is 6.54 Å². The summed E-state index contributed by atoms with van der Waals surface area (Å²) in [6, 6.07) is 0. The van der Waals surface area contributed by atoms with Gasteiger partial charge in [0.1, 0.15) is 0 Å². The molecule has 0 radical (unpaired) electrons. The second-order valence-electron chi connectivity index (χ2n) is 4.27. The summed E-state index contributed by atoms with van der Waals surface area (Å²) < 4.78 is 5.61. The minimum absolute atomic E-state index is 0. The average Bonchev–Trinajstić information content (AvgIpc) is 2.01. The molecule has 0 rings (SSSR count). The molecular weight excluding hydrogens is 215 g/mol. The van der Waals surface area contributed by atoms with Crippen molar-refractivity contribution >= 4 is 6.39 Å². The van der Waals surface area contributed by atoms with E-state index in [1.807, 2.05) is 0 Å². The Bertz CT molecular complexity index is 162. The zero-order valence-electron chi connectivity index (χ0n) is 11.8. The van der Waals surface area contributed by atoms with Crippen LogP contribution < -0.4 is 51.4 Å². The van der Waals surface area contributed by atoms with Gasteiger partial charge in [0.25, 0.3) is 0 Å². The summed E-state index contributed by atoms with van der Waals surface area (Å²) in [4.78, 5) is 8.78. The van der Waals surface area contributed by atoms with E-state index in [2.05, 4.69) is 27.7 Å². The number of amides is 1. The van der Waals surface area contributed by atoms with Crippen LogP contribution in [0, 0.1) is 17.8 Å². The molecule has 0 aliphatic heterocycles. The molecule has 0 saturated heterocycles. The molecule has 0 bridgehead atoms.